The number of carbonyl (C=O) groups is 4. The first-order valence-electron chi connectivity index (χ1n) is 15.6. The van der Waals surface area contributed by atoms with Crippen LogP contribution < -0.4 is 21.7 Å². The van der Waals surface area contributed by atoms with Crippen molar-refractivity contribution in [1.82, 2.24) is 29.3 Å². The Kier molecular flexibility index (Phi) is 12.0. The number of ether oxygens (including phenoxy) is 1. The molecule has 4 amide bonds. The number of aliphatic hydroxyl groups excluding tert-OH is 3. The zero-order valence-corrected chi connectivity index (χ0v) is 27.4. The number of nitrogens with zero attached hydrogens (tertiary/aromatic N) is 5. The molecule has 0 radical (unpaired) electrons. The van der Waals surface area contributed by atoms with Gasteiger partial charge in [-0.1, -0.05) is 24.3 Å². The van der Waals surface area contributed by atoms with Gasteiger partial charge in [-0.15, -0.1) is 0 Å². The lowest BCUT2D eigenvalue weighted by Crippen LogP contribution is -2.33. The molecule has 0 aliphatic carbocycles. The first-order valence-corrected chi connectivity index (χ1v) is 15.9. The van der Waals surface area contributed by atoms with Crippen LogP contribution >= 0.6 is 11.8 Å². The van der Waals surface area contributed by atoms with Gasteiger partial charge in [-0.3, -0.25) is 23.7 Å². The first-order chi connectivity index (χ1) is 24.1. The van der Waals surface area contributed by atoms with Gasteiger partial charge in [0.1, 0.15) is 24.6 Å². The Balaban J connectivity index is 0.000000535. The highest BCUT2D eigenvalue weighted by Crippen LogP contribution is 2.32. The Morgan fingerprint density at radius 2 is 1.66 bits per heavy atom. The van der Waals surface area contributed by atoms with Crippen LogP contribution in [-0.4, -0.2) is 101 Å². The fourth-order valence-electron chi connectivity index (χ4n) is 5.24. The average molecular weight is 710 g/mol. The van der Waals surface area contributed by atoms with Crippen molar-refractivity contribution < 1.29 is 39.2 Å². The Hall–Kier alpha value is -5.04. The van der Waals surface area contributed by atoms with Crippen LogP contribution in [0.5, 0.6) is 0 Å². The van der Waals surface area contributed by atoms with Gasteiger partial charge in [0.2, 0.25) is 23.6 Å². The van der Waals surface area contributed by atoms with E-state index in [4.69, 9.17) is 22.2 Å². The summed E-state index contributed by atoms with van der Waals surface area (Å²) >= 11 is 5.15. The Morgan fingerprint density at radius 1 is 0.940 bits per heavy atom. The van der Waals surface area contributed by atoms with Crippen molar-refractivity contribution in [3.63, 3.8) is 0 Å². The predicted molar refractivity (Wildman–Crippen MR) is 180 cm³/mol. The quantitative estimate of drug-likeness (QED) is 0.0817. The summed E-state index contributed by atoms with van der Waals surface area (Å²) in [6.45, 7) is 0.344. The normalized spacial score (nSPS) is 20.1. The number of hydrogen-bond acceptors (Lipinski definition) is 13. The van der Waals surface area contributed by atoms with Gasteiger partial charge < -0.3 is 41.7 Å². The number of hydrogen-bond donors (Lipinski definition) is 7. The second-order valence-electron chi connectivity index (χ2n) is 11.4. The highest BCUT2D eigenvalue weighted by Gasteiger charge is 2.44. The third-order valence-electron chi connectivity index (χ3n) is 7.76. The minimum Gasteiger partial charge on any atom is -0.394 e. The summed E-state index contributed by atoms with van der Waals surface area (Å²) in [5.41, 5.74) is 9.07. The van der Waals surface area contributed by atoms with Gasteiger partial charge in [-0.05, 0) is 35.4 Å². The molecule has 0 spiro atoms. The molecule has 50 heavy (non-hydrogen) atoms. The number of imide groups is 1. The standard InChI is InChI=1S/C28H32N8O6.C4H4ClNO2/c29-8-9-30-21(38)12-17-2-1-3-19(10-17)34-22(39)11-16-4-6-18(7-5-16)35-26-23-27(32-14-31-26)36(15-33-23)28-25(41)24(40)20(13-37)42-28;5-6-3(7)1-2-4(6)8/h1-7,10,14-15,20,24-25,28,37,40-41H,8-9,11-13,29H2,(H,30,38)(H,34,39)(H,31,32,35);1-2H2/t20-,24-,25-,28-;/m1./s1. The number of benzene rings is 2. The van der Waals surface area contributed by atoms with E-state index >= 15 is 0 Å². The van der Waals surface area contributed by atoms with Crippen molar-refractivity contribution in [3.05, 3.63) is 72.3 Å². The van der Waals surface area contributed by atoms with E-state index in [0.29, 0.717) is 45.9 Å². The number of nitrogens with two attached hydrogens (primary N) is 1. The van der Waals surface area contributed by atoms with E-state index in [1.54, 1.807) is 30.3 Å². The van der Waals surface area contributed by atoms with Crippen molar-refractivity contribution in [2.75, 3.05) is 30.3 Å². The topological polar surface area (TPSA) is 247 Å². The van der Waals surface area contributed by atoms with Crippen LogP contribution in [0.25, 0.3) is 11.2 Å². The number of rotatable bonds is 11. The van der Waals surface area contributed by atoms with Gasteiger partial charge in [-0.2, -0.15) is 4.42 Å². The second kappa shape index (κ2) is 16.6. The van der Waals surface area contributed by atoms with Gasteiger partial charge in [0, 0.05) is 49.1 Å². The number of aliphatic hydroxyl groups is 3. The molecular weight excluding hydrogens is 674 g/mol. The van der Waals surface area contributed by atoms with E-state index in [2.05, 4.69) is 30.9 Å². The Labute approximate surface area is 290 Å². The minimum atomic E-state index is -1.27. The van der Waals surface area contributed by atoms with Crippen LogP contribution in [0.4, 0.5) is 17.2 Å². The highest BCUT2D eigenvalue weighted by molar-refractivity contribution is 6.32. The van der Waals surface area contributed by atoms with E-state index < -0.39 is 31.1 Å². The lowest BCUT2D eigenvalue weighted by molar-refractivity contribution is -0.132. The Morgan fingerprint density at radius 3 is 2.30 bits per heavy atom. The summed E-state index contributed by atoms with van der Waals surface area (Å²) in [4.78, 5) is 58.2. The molecule has 4 atom stereocenters. The number of carbonyl (C=O) groups excluding carboxylic acids is 4. The van der Waals surface area contributed by atoms with E-state index in [1.807, 2.05) is 18.2 Å². The average Bonchev–Trinajstić information content (AvgIpc) is 3.76. The molecule has 2 aliphatic heterocycles. The van der Waals surface area contributed by atoms with Crippen molar-refractivity contribution in [1.29, 1.82) is 0 Å². The molecule has 2 aliphatic rings. The van der Waals surface area contributed by atoms with Crippen LogP contribution in [0.3, 0.4) is 0 Å². The zero-order valence-electron chi connectivity index (χ0n) is 26.6. The second-order valence-corrected chi connectivity index (χ2v) is 11.7. The van der Waals surface area contributed by atoms with E-state index in [1.165, 1.54) is 17.2 Å². The molecule has 264 valence electrons. The molecule has 4 heterocycles. The van der Waals surface area contributed by atoms with Gasteiger partial charge in [0.15, 0.2) is 23.2 Å². The lowest BCUT2D eigenvalue weighted by Gasteiger charge is -2.16. The van der Waals surface area contributed by atoms with Gasteiger partial charge in [-0.25, -0.2) is 15.0 Å². The molecule has 18 heteroatoms. The van der Waals surface area contributed by atoms with Crippen molar-refractivity contribution in [2.45, 2.75) is 50.2 Å². The summed E-state index contributed by atoms with van der Waals surface area (Å²) < 4.78 is 7.73. The van der Waals surface area contributed by atoms with E-state index in [-0.39, 0.29) is 49.3 Å². The third-order valence-corrected chi connectivity index (χ3v) is 8.14. The molecule has 2 aromatic heterocycles. The Bertz CT molecular complexity index is 1820. The molecule has 0 unspecified atom stereocenters. The number of halogens is 1. The number of aromatic nitrogens is 4. The molecule has 6 rings (SSSR count). The van der Waals surface area contributed by atoms with Crippen LogP contribution in [0, 0.1) is 0 Å². The summed E-state index contributed by atoms with van der Waals surface area (Å²) in [5.74, 6) is -0.513. The SMILES string of the molecule is NCCNC(=O)Cc1cccc(NC(=O)Cc2ccc(Nc3ncnc4c3ncn4[C@@H]3O[C@H](CO)[C@@H](O)[C@H]3O)cc2)c1.O=C1CCC(=O)N1Cl. The fraction of sp³-hybridized carbons (Fsp3) is 0.344. The monoisotopic (exact) mass is 709 g/mol. The van der Waals surface area contributed by atoms with Crippen molar-refractivity contribution in [2.24, 2.45) is 5.73 Å². The summed E-state index contributed by atoms with van der Waals surface area (Å²) in [6, 6.07) is 14.4. The van der Waals surface area contributed by atoms with Gasteiger partial charge in [0.05, 0.1) is 25.8 Å². The van der Waals surface area contributed by atoms with Gasteiger partial charge >= 0.3 is 0 Å². The molecule has 0 bridgehead atoms. The number of anilines is 3. The van der Waals surface area contributed by atoms with E-state index in [0.717, 1.165) is 11.1 Å². The number of fused-ring (bicyclic) bond motifs is 1. The highest BCUT2D eigenvalue weighted by atomic mass is 35.5. The molecule has 2 aromatic carbocycles. The molecule has 2 saturated heterocycles. The summed E-state index contributed by atoms with van der Waals surface area (Å²) in [5, 5.41) is 38.7. The van der Waals surface area contributed by atoms with Crippen LogP contribution in [-0.2, 0) is 36.8 Å². The third kappa shape index (κ3) is 8.75. The van der Waals surface area contributed by atoms with Crippen LogP contribution in [0.2, 0.25) is 0 Å². The smallest absolute Gasteiger partial charge is 0.244 e. The van der Waals surface area contributed by atoms with E-state index in [9.17, 15) is 34.5 Å². The molecule has 8 N–H and O–H groups in total. The summed E-state index contributed by atoms with van der Waals surface area (Å²) in [7, 11) is 0. The minimum absolute atomic E-state index is 0.133. The van der Waals surface area contributed by atoms with Crippen molar-refractivity contribution in [3.8, 4) is 0 Å². The van der Waals surface area contributed by atoms with Crippen molar-refractivity contribution >= 4 is 63.8 Å². The molecule has 4 aromatic rings. The van der Waals surface area contributed by atoms with Gasteiger partial charge in [0.25, 0.3) is 0 Å². The zero-order chi connectivity index (χ0) is 35.8. The molecular formula is C32H36ClN9O8. The summed E-state index contributed by atoms with van der Waals surface area (Å²) in [6.07, 6.45) is -0.774. The fourth-order valence-corrected chi connectivity index (χ4v) is 5.41. The maximum Gasteiger partial charge on any atom is 0.244 e. The molecule has 2 fully saturated rings. The van der Waals surface area contributed by atoms with Crippen LogP contribution in [0.1, 0.15) is 30.2 Å². The number of imidazole rings is 1. The maximum absolute atomic E-state index is 12.7. The molecule has 0 saturated carbocycles. The number of amides is 4. The lowest BCUT2D eigenvalue weighted by atomic mass is 10.1. The first kappa shape index (κ1) is 36.2. The largest absolute Gasteiger partial charge is 0.394 e. The number of nitrogens with one attached hydrogen (secondary N) is 3. The maximum atomic E-state index is 12.7. The van der Waals surface area contributed by atoms with Crippen LogP contribution in [0.15, 0.2) is 61.2 Å². The molecule has 17 nitrogen and oxygen atoms in total. The predicted octanol–water partition coefficient (Wildman–Crippen LogP) is 0.269.